The summed E-state index contributed by atoms with van der Waals surface area (Å²) in [6.07, 6.45) is 3.34. The van der Waals surface area contributed by atoms with Crippen LogP contribution in [0.25, 0.3) is 0 Å². The molecule has 1 amide bonds. The summed E-state index contributed by atoms with van der Waals surface area (Å²) >= 11 is 0. The van der Waals surface area contributed by atoms with Crippen molar-refractivity contribution in [2.45, 2.75) is 12.6 Å². The molecule has 1 saturated heterocycles. The third kappa shape index (κ3) is 3.54. The third-order valence-electron chi connectivity index (χ3n) is 4.41. The highest BCUT2D eigenvalue weighted by Crippen LogP contribution is 2.24. The highest BCUT2D eigenvalue weighted by Gasteiger charge is 2.21. The number of cyclic esters (lactones) is 1. The van der Waals surface area contributed by atoms with Crippen LogP contribution in [-0.2, 0) is 11.3 Å². The van der Waals surface area contributed by atoms with Crippen molar-refractivity contribution in [3.8, 4) is 0 Å². The van der Waals surface area contributed by atoms with Gasteiger partial charge in [0.25, 0.3) is 0 Å². The second-order valence-electron chi connectivity index (χ2n) is 6.20. The monoisotopic (exact) mass is 348 g/mol. The number of H-pyrrole nitrogens is 1. The van der Waals surface area contributed by atoms with Crippen LogP contribution in [0, 0.1) is 0 Å². The topological polar surface area (TPSA) is 70.2 Å². The number of aromatic amines is 1. The molecule has 6 heteroatoms. The van der Waals surface area contributed by atoms with E-state index in [2.05, 4.69) is 27.4 Å². The first-order valence-electron chi connectivity index (χ1n) is 8.61. The van der Waals surface area contributed by atoms with Gasteiger partial charge in [0.05, 0.1) is 6.54 Å². The van der Waals surface area contributed by atoms with E-state index in [1.54, 1.807) is 11.1 Å². The Kier molecular flexibility index (Phi) is 4.55. The van der Waals surface area contributed by atoms with Crippen molar-refractivity contribution in [2.24, 2.45) is 0 Å². The van der Waals surface area contributed by atoms with Crippen LogP contribution in [0.4, 0.5) is 10.5 Å². The Labute approximate surface area is 151 Å². The van der Waals surface area contributed by atoms with Gasteiger partial charge in [0.1, 0.15) is 18.5 Å². The van der Waals surface area contributed by atoms with Gasteiger partial charge in [-0.1, -0.05) is 42.5 Å². The zero-order valence-electron chi connectivity index (χ0n) is 14.3. The summed E-state index contributed by atoms with van der Waals surface area (Å²) in [5, 5.41) is 3.53. The predicted octanol–water partition coefficient (Wildman–Crippen LogP) is 3.56. The van der Waals surface area contributed by atoms with Crippen LogP contribution in [0.1, 0.15) is 23.0 Å². The second kappa shape index (κ2) is 7.31. The Bertz CT molecular complexity index is 847. The first kappa shape index (κ1) is 16.2. The molecule has 0 saturated carbocycles. The molecule has 3 aromatic rings. The summed E-state index contributed by atoms with van der Waals surface area (Å²) in [6.45, 7) is 1.69. The predicted molar refractivity (Wildman–Crippen MR) is 98.7 cm³/mol. The van der Waals surface area contributed by atoms with E-state index in [-0.39, 0.29) is 12.1 Å². The minimum atomic E-state index is -0.242. The average molecular weight is 348 g/mol. The molecule has 2 heterocycles. The van der Waals surface area contributed by atoms with Crippen LogP contribution in [0.5, 0.6) is 0 Å². The number of benzene rings is 2. The first-order chi connectivity index (χ1) is 12.8. The number of anilines is 1. The van der Waals surface area contributed by atoms with Crippen LogP contribution in [0.2, 0.25) is 0 Å². The molecule has 2 aromatic carbocycles. The molecule has 1 aliphatic heterocycles. The molecule has 0 aliphatic carbocycles. The Morgan fingerprint density at radius 3 is 2.62 bits per heavy atom. The number of hydrogen-bond donors (Lipinski definition) is 2. The molecule has 0 unspecified atom stereocenters. The van der Waals surface area contributed by atoms with Crippen LogP contribution in [-0.4, -0.2) is 34.1 Å². The molecule has 1 aromatic heterocycles. The maximum atomic E-state index is 11.6. The fraction of sp³-hybridized carbons (Fsp3) is 0.200. The maximum Gasteiger partial charge on any atom is 0.410 e. The molecular formula is C20H20N4O2. The minimum Gasteiger partial charge on any atom is -0.448 e. The number of nitrogens with one attached hydrogen (secondary N) is 2. The standard InChI is InChI=1S/C20H20N4O2/c25-20-24(12-13-26-20)14-15-6-8-17(9-7-15)23-18(19-21-10-11-22-19)16-4-2-1-3-5-16/h1-11,18,23H,12-14H2,(H,21,22)/t18-/m0/s1. The summed E-state index contributed by atoms with van der Waals surface area (Å²) in [7, 11) is 0. The molecule has 0 bridgehead atoms. The lowest BCUT2D eigenvalue weighted by Crippen LogP contribution is -2.23. The molecule has 0 radical (unpaired) electrons. The lowest BCUT2D eigenvalue weighted by atomic mass is 10.1. The molecule has 2 N–H and O–H groups in total. The van der Waals surface area contributed by atoms with Gasteiger partial charge >= 0.3 is 6.09 Å². The molecule has 0 spiro atoms. The fourth-order valence-corrected chi connectivity index (χ4v) is 3.05. The highest BCUT2D eigenvalue weighted by atomic mass is 16.6. The number of aromatic nitrogens is 2. The van der Waals surface area contributed by atoms with E-state index in [4.69, 9.17) is 4.74 Å². The van der Waals surface area contributed by atoms with Gasteiger partial charge in [-0.05, 0) is 23.3 Å². The van der Waals surface area contributed by atoms with Gasteiger partial charge < -0.3 is 19.9 Å². The summed E-state index contributed by atoms with van der Waals surface area (Å²) in [5.41, 5.74) is 3.19. The highest BCUT2D eigenvalue weighted by molar-refractivity contribution is 5.69. The smallest absolute Gasteiger partial charge is 0.410 e. The summed E-state index contributed by atoms with van der Waals surface area (Å²) < 4.78 is 4.97. The zero-order chi connectivity index (χ0) is 17.8. The van der Waals surface area contributed by atoms with E-state index in [9.17, 15) is 4.79 Å². The van der Waals surface area contributed by atoms with Crippen molar-refractivity contribution in [3.05, 3.63) is 83.9 Å². The van der Waals surface area contributed by atoms with E-state index in [0.717, 1.165) is 22.6 Å². The molecule has 132 valence electrons. The number of imidazole rings is 1. The minimum absolute atomic E-state index is 0.0643. The van der Waals surface area contributed by atoms with Crippen molar-refractivity contribution in [1.82, 2.24) is 14.9 Å². The third-order valence-corrected chi connectivity index (χ3v) is 4.41. The van der Waals surface area contributed by atoms with Crippen molar-refractivity contribution in [1.29, 1.82) is 0 Å². The summed E-state index contributed by atoms with van der Waals surface area (Å²) in [6, 6.07) is 18.2. The molecule has 6 nitrogen and oxygen atoms in total. The van der Waals surface area contributed by atoms with Crippen molar-refractivity contribution in [3.63, 3.8) is 0 Å². The van der Waals surface area contributed by atoms with Crippen molar-refractivity contribution in [2.75, 3.05) is 18.5 Å². The molecule has 1 atom stereocenters. The largest absolute Gasteiger partial charge is 0.448 e. The molecule has 1 aliphatic rings. The van der Waals surface area contributed by atoms with Gasteiger partial charge in [0, 0.05) is 24.6 Å². The number of carbonyl (C=O) groups is 1. The number of amides is 1. The number of rotatable bonds is 6. The maximum absolute atomic E-state index is 11.6. The van der Waals surface area contributed by atoms with E-state index < -0.39 is 0 Å². The number of nitrogens with zero attached hydrogens (tertiary/aromatic N) is 2. The Hall–Kier alpha value is -3.28. The van der Waals surface area contributed by atoms with Gasteiger partial charge in [0.2, 0.25) is 0 Å². The Morgan fingerprint density at radius 1 is 1.15 bits per heavy atom. The number of hydrogen-bond acceptors (Lipinski definition) is 4. The Morgan fingerprint density at radius 2 is 1.96 bits per heavy atom. The lowest BCUT2D eigenvalue weighted by Gasteiger charge is -2.19. The number of ether oxygens (including phenoxy) is 1. The van der Waals surface area contributed by atoms with E-state index >= 15 is 0 Å². The first-order valence-corrected chi connectivity index (χ1v) is 8.61. The molecule has 4 rings (SSSR count). The van der Waals surface area contributed by atoms with Gasteiger partial charge in [-0.15, -0.1) is 0 Å². The van der Waals surface area contributed by atoms with Gasteiger partial charge in [-0.2, -0.15) is 0 Å². The quantitative estimate of drug-likeness (QED) is 0.714. The van der Waals surface area contributed by atoms with Gasteiger partial charge in [-0.3, -0.25) is 0 Å². The second-order valence-corrected chi connectivity index (χ2v) is 6.20. The van der Waals surface area contributed by atoms with E-state index in [0.29, 0.717) is 19.7 Å². The fourth-order valence-electron chi connectivity index (χ4n) is 3.05. The molecule has 1 fully saturated rings. The van der Waals surface area contributed by atoms with Crippen LogP contribution < -0.4 is 5.32 Å². The normalized spacial score (nSPS) is 14.9. The van der Waals surface area contributed by atoms with Crippen LogP contribution >= 0.6 is 0 Å². The average Bonchev–Trinajstić information content (AvgIpc) is 3.34. The SMILES string of the molecule is O=C1OCCN1Cc1ccc(N[C@@H](c2ccccc2)c2ncc[nH]2)cc1. The van der Waals surface area contributed by atoms with Crippen LogP contribution in [0.15, 0.2) is 67.0 Å². The Balaban J connectivity index is 1.50. The van der Waals surface area contributed by atoms with Gasteiger partial charge in [0.15, 0.2) is 0 Å². The van der Waals surface area contributed by atoms with Gasteiger partial charge in [-0.25, -0.2) is 9.78 Å². The van der Waals surface area contributed by atoms with Crippen molar-refractivity contribution >= 4 is 11.8 Å². The van der Waals surface area contributed by atoms with E-state index in [1.807, 2.05) is 48.7 Å². The number of carbonyl (C=O) groups excluding carboxylic acids is 1. The zero-order valence-corrected chi connectivity index (χ0v) is 14.3. The summed E-state index contributed by atoms with van der Waals surface area (Å²) in [5.74, 6) is 0.861. The molecular weight excluding hydrogens is 328 g/mol. The molecule has 26 heavy (non-hydrogen) atoms. The van der Waals surface area contributed by atoms with Crippen molar-refractivity contribution < 1.29 is 9.53 Å². The van der Waals surface area contributed by atoms with Crippen LogP contribution in [0.3, 0.4) is 0 Å². The summed E-state index contributed by atoms with van der Waals surface area (Å²) in [4.78, 5) is 20.9. The lowest BCUT2D eigenvalue weighted by molar-refractivity contribution is 0.157. The van der Waals surface area contributed by atoms with E-state index in [1.165, 1.54) is 0 Å².